The molecule has 0 atom stereocenters. The van der Waals surface area contributed by atoms with Crippen LogP contribution in [0.1, 0.15) is 85.8 Å². The van der Waals surface area contributed by atoms with Gasteiger partial charge in [-0.25, -0.2) is 14.6 Å². The van der Waals surface area contributed by atoms with Crippen LogP contribution < -0.4 is 10.2 Å². The fourth-order valence-electron chi connectivity index (χ4n) is 6.80. The van der Waals surface area contributed by atoms with E-state index in [0.717, 1.165) is 103 Å². The minimum atomic E-state index is -0.617. The third kappa shape index (κ3) is 15.2. The van der Waals surface area contributed by atoms with E-state index in [1.54, 1.807) is 4.90 Å². The molecule has 3 fully saturated rings. The number of nitrogens with zero attached hydrogens (tertiary/aromatic N) is 7. The summed E-state index contributed by atoms with van der Waals surface area (Å²) in [4.78, 5) is 46.7. The van der Waals surface area contributed by atoms with Crippen molar-refractivity contribution < 1.29 is 28.5 Å². The Hall–Kier alpha value is -2.94. The Morgan fingerprint density at radius 3 is 2.12 bits per heavy atom. The number of aryl methyl sites for hydroxylation is 1. The maximum Gasteiger partial charge on any atom is 0.410 e. The third-order valence-electron chi connectivity index (χ3n) is 9.53. The van der Waals surface area contributed by atoms with E-state index in [1.165, 1.54) is 6.42 Å². The van der Waals surface area contributed by atoms with Gasteiger partial charge in [-0.2, -0.15) is 4.98 Å². The molecule has 14 nitrogen and oxygen atoms in total. The lowest BCUT2D eigenvalue weighted by Gasteiger charge is -2.37. The number of morpholine rings is 1. The molecule has 1 N–H and O–H groups in total. The first-order valence-corrected chi connectivity index (χ1v) is 19.7. The molecule has 0 unspecified atom stereocenters. The van der Waals surface area contributed by atoms with Gasteiger partial charge >= 0.3 is 12.2 Å². The smallest absolute Gasteiger partial charge is 0.410 e. The number of piperazine rings is 1. The molecule has 1 aromatic rings. The SMILES string of the molecule is Cc1cc(N2CCN(CCN3CCOCC3)CC2)nc(NCCOCCN(CCCN(C(=O)OC(C)(C)C)C2CCCCC2)C(=O)OC(C)(C)C)n1. The summed E-state index contributed by atoms with van der Waals surface area (Å²) >= 11 is 0. The highest BCUT2D eigenvalue weighted by Crippen LogP contribution is 2.25. The molecule has 14 heteroatoms. The highest BCUT2D eigenvalue weighted by molar-refractivity contribution is 5.69. The lowest BCUT2D eigenvalue weighted by molar-refractivity contribution is 0.00843. The van der Waals surface area contributed by atoms with Gasteiger partial charge < -0.3 is 39.0 Å². The Kier molecular flexibility index (Phi) is 16.5. The van der Waals surface area contributed by atoms with Gasteiger partial charge in [-0.15, -0.1) is 0 Å². The lowest BCUT2D eigenvalue weighted by Crippen LogP contribution is -2.49. The van der Waals surface area contributed by atoms with Gasteiger partial charge in [0.1, 0.15) is 17.0 Å². The topological polar surface area (TPSA) is 125 Å². The third-order valence-corrected chi connectivity index (χ3v) is 9.53. The average molecular weight is 733 g/mol. The average Bonchev–Trinajstić information content (AvgIpc) is 3.09. The van der Waals surface area contributed by atoms with Crippen LogP contribution in [-0.4, -0.2) is 164 Å². The number of carbonyl (C=O) groups is 2. The zero-order valence-corrected chi connectivity index (χ0v) is 33.3. The molecule has 3 heterocycles. The number of rotatable bonds is 16. The molecule has 1 saturated carbocycles. The maximum absolute atomic E-state index is 13.2. The number of carbonyl (C=O) groups excluding carboxylic acids is 2. The monoisotopic (exact) mass is 733 g/mol. The molecule has 4 rings (SSSR count). The van der Waals surface area contributed by atoms with Crippen LogP contribution in [0.3, 0.4) is 0 Å². The first kappa shape index (κ1) is 41.8. The van der Waals surface area contributed by atoms with Crippen molar-refractivity contribution in [2.75, 3.05) is 115 Å². The second kappa shape index (κ2) is 20.5. The minimum Gasteiger partial charge on any atom is -0.444 e. The number of anilines is 2. The van der Waals surface area contributed by atoms with Gasteiger partial charge in [0.25, 0.3) is 0 Å². The van der Waals surface area contributed by atoms with Crippen molar-refractivity contribution in [1.29, 1.82) is 0 Å². The van der Waals surface area contributed by atoms with Crippen LogP contribution in [0.15, 0.2) is 6.07 Å². The first-order valence-electron chi connectivity index (χ1n) is 19.7. The number of aromatic nitrogens is 2. The van der Waals surface area contributed by atoms with Crippen molar-refractivity contribution in [3.05, 3.63) is 11.8 Å². The number of amides is 2. The molecule has 52 heavy (non-hydrogen) atoms. The molecule has 2 saturated heterocycles. The predicted octanol–water partition coefficient (Wildman–Crippen LogP) is 4.86. The van der Waals surface area contributed by atoms with Gasteiger partial charge in [0.15, 0.2) is 0 Å². The Labute approximate surface area is 312 Å². The summed E-state index contributed by atoms with van der Waals surface area (Å²) in [6.07, 6.45) is 5.37. The number of hydrogen-bond donors (Lipinski definition) is 1. The van der Waals surface area contributed by atoms with Gasteiger partial charge in [-0.1, -0.05) is 19.3 Å². The Balaban J connectivity index is 1.20. The Morgan fingerprint density at radius 1 is 0.827 bits per heavy atom. The van der Waals surface area contributed by atoms with Crippen LogP contribution in [0.5, 0.6) is 0 Å². The van der Waals surface area contributed by atoms with Crippen molar-refractivity contribution in [1.82, 2.24) is 29.6 Å². The summed E-state index contributed by atoms with van der Waals surface area (Å²) in [6, 6.07) is 2.22. The fraction of sp³-hybridized carbons (Fsp3) is 0.842. The van der Waals surface area contributed by atoms with E-state index in [1.807, 2.05) is 53.4 Å². The van der Waals surface area contributed by atoms with Gasteiger partial charge in [0.05, 0.1) is 26.4 Å². The van der Waals surface area contributed by atoms with E-state index in [2.05, 4.69) is 31.1 Å². The molecule has 0 spiro atoms. The standard InChI is InChI=1S/C38H68N8O6/c1-31-30-33(44-21-19-42(20-22-44)17-18-43-23-27-50-28-24-43)41-34(40-31)39-14-26-49-29-25-45(35(47)51-37(2,3)4)15-11-16-46(32-12-9-8-10-13-32)36(48)52-38(5,6)7/h30,32H,8-29H2,1-7H3,(H,39,40,41). The molecule has 296 valence electrons. The first-order chi connectivity index (χ1) is 24.8. The van der Waals surface area contributed by atoms with E-state index >= 15 is 0 Å². The fourth-order valence-corrected chi connectivity index (χ4v) is 6.80. The second-order valence-corrected chi connectivity index (χ2v) is 16.3. The van der Waals surface area contributed by atoms with Crippen molar-refractivity contribution >= 4 is 24.0 Å². The van der Waals surface area contributed by atoms with Crippen molar-refractivity contribution in [3.63, 3.8) is 0 Å². The maximum atomic E-state index is 13.2. The lowest BCUT2D eigenvalue weighted by atomic mass is 9.94. The molecular weight excluding hydrogens is 664 g/mol. The number of ether oxygens (including phenoxy) is 4. The molecule has 1 aromatic heterocycles. The van der Waals surface area contributed by atoms with Crippen LogP contribution in [0, 0.1) is 6.92 Å². The summed E-state index contributed by atoms with van der Waals surface area (Å²) in [7, 11) is 0. The number of hydrogen-bond acceptors (Lipinski definition) is 12. The van der Waals surface area contributed by atoms with Crippen molar-refractivity contribution in [2.24, 2.45) is 0 Å². The van der Waals surface area contributed by atoms with E-state index in [9.17, 15) is 9.59 Å². The van der Waals surface area contributed by atoms with Crippen LogP contribution in [0.25, 0.3) is 0 Å². The summed E-state index contributed by atoms with van der Waals surface area (Å²) in [6.45, 7) is 25.8. The summed E-state index contributed by atoms with van der Waals surface area (Å²) in [5.74, 6) is 1.54. The van der Waals surface area contributed by atoms with Crippen LogP contribution in [0.4, 0.5) is 21.4 Å². The molecule has 1 aliphatic carbocycles. The molecule has 0 radical (unpaired) electrons. The number of nitrogens with one attached hydrogen (secondary N) is 1. The second-order valence-electron chi connectivity index (χ2n) is 16.3. The Bertz CT molecular complexity index is 1220. The zero-order chi connectivity index (χ0) is 37.6. The van der Waals surface area contributed by atoms with Gasteiger partial charge in [-0.05, 0) is 67.7 Å². The molecule has 0 aromatic carbocycles. The van der Waals surface area contributed by atoms with Gasteiger partial charge in [0.2, 0.25) is 5.95 Å². The quantitative estimate of drug-likeness (QED) is 0.234. The van der Waals surface area contributed by atoms with E-state index in [4.69, 9.17) is 23.9 Å². The summed E-state index contributed by atoms with van der Waals surface area (Å²) in [5, 5.41) is 3.32. The van der Waals surface area contributed by atoms with Crippen molar-refractivity contribution in [2.45, 2.75) is 104 Å². The molecular formula is C38H68N8O6. The van der Waals surface area contributed by atoms with E-state index < -0.39 is 11.2 Å². The zero-order valence-electron chi connectivity index (χ0n) is 33.3. The van der Waals surface area contributed by atoms with Gasteiger partial charge in [-0.3, -0.25) is 9.80 Å². The molecule has 2 aliphatic heterocycles. The predicted molar refractivity (Wildman–Crippen MR) is 204 cm³/mol. The van der Waals surface area contributed by atoms with Crippen LogP contribution >= 0.6 is 0 Å². The Morgan fingerprint density at radius 2 is 1.46 bits per heavy atom. The van der Waals surface area contributed by atoms with Crippen LogP contribution in [-0.2, 0) is 18.9 Å². The van der Waals surface area contributed by atoms with Gasteiger partial charge in [0, 0.05) is 96.3 Å². The minimum absolute atomic E-state index is 0.170. The highest BCUT2D eigenvalue weighted by Gasteiger charge is 2.30. The molecule has 0 bridgehead atoms. The van der Waals surface area contributed by atoms with E-state index in [-0.39, 0.29) is 18.2 Å². The normalized spacial score (nSPS) is 18.2. The summed E-state index contributed by atoms with van der Waals surface area (Å²) in [5.41, 5.74) is -0.260. The largest absolute Gasteiger partial charge is 0.444 e. The molecule has 2 amide bonds. The van der Waals surface area contributed by atoms with Crippen LogP contribution in [0.2, 0.25) is 0 Å². The highest BCUT2D eigenvalue weighted by atomic mass is 16.6. The molecule has 3 aliphatic rings. The van der Waals surface area contributed by atoms with E-state index in [0.29, 0.717) is 51.8 Å². The summed E-state index contributed by atoms with van der Waals surface area (Å²) < 4.78 is 22.9. The van der Waals surface area contributed by atoms with Crippen molar-refractivity contribution in [3.8, 4) is 0 Å².